The van der Waals surface area contributed by atoms with Crippen LogP contribution in [0.3, 0.4) is 0 Å². The highest BCUT2D eigenvalue weighted by Crippen LogP contribution is 2.46. The maximum atomic E-state index is 6.29. The van der Waals surface area contributed by atoms with Gasteiger partial charge in [0.15, 0.2) is 0 Å². The van der Waals surface area contributed by atoms with Crippen molar-refractivity contribution in [3.8, 4) is 5.75 Å². The summed E-state index contributed by atoms with van der Waals surface area (Å²) in [6.07, 6.45) is 2.04. The van der Waals surface area contributed by atoms with Crippen molar-refractivity contribution in [3.05, 3.63) is 26.7 Å². The number of fused-ring (bicyclic) bond motifs is 1. The van der Waals surface area contributed by atoms with E-state index in [1.807, 2.05) is 6.92 Å². The maximum absolute atomic E-state index is 6.29. The van der Waals surface area contributed by atoms with E-state index in [4.69, 9.17) is 39.5 Å². The second-order valence-electron chi connectivity index (χ2n) is 4.57. The van der Waals surface area contributed by atoms with E-state index >= 15 is 0 Å². The highest BCUT2D eigenvalue weighted by atomic mass is 35.5. The molecule has 0 fully saturated rings. The number of ether oxygens (including phenoxy) is 1. The summed E-state index contributed by atoms with van der Waals surface area (Å²) in [5.74, 6) is 0.665. The third-order valence-electron chi connectivity index (χ3n) is 3.04. The highest BCUT2D eigenvalue weighted by Gasteiger charge is 2.30. The predicted molar refractivity (Wildman–Crippen MR) is 77.2 cm³/mol. The Balaban J connectivity index is 2.45. The Kier molecular flexibility index (Phi) is 4.65. The lowest BCUT2D eigenvalue weighted by atomic mass is 9.96. The van der Waals surface area contributed by atoms with Crippen molar-refractivity contribution in [3.63, 3.8) is 0 Å². The summed E-state index contributed by atoms with van der Waals surface area (Å²) in [5.41, 5.74) is 0.890. The Labute approximate surface area is 123 Å². The van der Waals surface area contributed by atoms with E-state index in [0.29, 0.717) is 20.8 Å². The van der Waals surface area contributed by atoms with Crippen LogP contribution in [-0.2, 0) is 0 Å². The fraction of sp³-hybridized carbons (Fsp3) is 0.538. The molecule has 2 nitrogen and oxygen atoms in total. The zero-order chi connectivity index (χ0) is 13.3. The fourth-order valence-electron chi connectivity index (χ4n) is 2.23. The van der Waals surface area contributed by atoms with Crippen LogP contribution in [0.15, 0.2) is 6.07 Å². The number of nitrogens with one attached hydrogen (secondary N) is 1. The van der Waals surface area contributed by atoms with E-state index in [-0.39, 0.29) is 12.1 Å². The van der Waals surface area contributed by atoms with Gasteiger partial charge in [-0.1, -0.05) is 41.7 Å². The molecular formula is C13H16Cl3NO. The van der Waals surface area contributed by atoms with Gasteiger partial charge in [0.25, 0.3) is 0 Å². The molecule has 0 saturated carbocycles. The molecule has 5 heteroatoms. The molecule has 0 aliphatic carbocycles. The molecule has 100 valence electrons. The molecule has 0 aromatic heterocycles. The van der Waals surface area contributed by atoms with Crippen LogP contribution in [0.5, 0.6) is 5.75 Å². The van der Waals surface area contributed by atoms with Crippen molar-refractivity contribution in [1.82, 2.24) is 5.32 Å². The lowest BCUT2D eigenvalue weighted by Crippen LogP contribution is -2.32. The van der Waals surface area contributed by atoms with E-state index in [0.717, 1.165) is 24.9 Å². The first kappa shape index (κ1) is 14.3. The molecule has 0 saturated heterocycles. The first-order chi connectivity index (χ1) is 8.54. The second kappa shape index (κ2) is 5.87. The number of rotatable bonds is 3. The van der Waals surface area contributed by atoms with Gasteiger partial charge in [-0.2, -0.15) is 0 Å². The number of hydrogen-bond donors (Lipinski definition) is 1. The van der Waals surface area contributed by atoms with Gasteiger partial charge in [0.2, 0.25) is 0 Å². The van der Waals surface area contributed by atoms with Gasteiger partial charge in [-0.15, -0.1) is 0 Å². The van der Waals surface area contributed by atoms with E-state index in [1.165, 1.54) is 0 Å². The van der Waals surface area contributed by atoms with Gasteiger partial charge in [-0.05, 0) is 26.0 Å². The van der Waals surface area contributed by atoms with E-state index < -0.39 is 0 Å². The predicted octanol–water partition coefficient (Wildman–Crippen LogP) is 4.86. The van der Waals surface area contributed by atoms with Gasteiger partial charge in [-0.25, -0.2) is 0 Å². The van der Waals surface area contributed by atoms with Gasteiger partial charge < -0.3 is 10.1 Å². The Morgan fingerprint density at radius 1 is 1.33 bits per heavy atom. The molecule has 1 aromatic carbocycles. The van der Waals surface area contributed by atoms with Crippen LogP contribution in [-0.4, -0.2) is 12.6 Å². The van der Waals surface area contributed by atoms with Crippen molar-refractivity contribution in [2.45, 2.75) is 38.8 Å². The standard InChI is InChI=1S/C13H16Cl3NO/c1-3-4-17-10-5-7(2)18-13-9(15)6-8(14)12(16)11(10)13/h6-7,10,17H,3-5H2,1-2H3. The minimum atomic E-state index is 0.113. The van der Waals surface area contributed by atoms with Crippen LogP contribution in [0.4, 0.5) is 0 Å². The number of benzene rings is 1. The lowest BCUT2D eigenvalue weighted by Gasteiger charge is -2.32. The average Bonchev–Trinajstić information content (AvgIpc) is 2.33. The van der Waals surface area contributed by atoms with Gasteiger partial charge in [0.05, 0.1) is 21.2 Å². The van der Waals surface area contributed by atoms with Crippen LogP contribution in [0.1, 0.15) is 38.3 Å². The molecule has 1 heterocycles. The molecule has 1 aliphatic heterocycles. The van der Waals surface area contributed by atoms with E-state index in [9.17, 15) is 0 Å². The first-order valence-corrected chi connectivity index (χ1v) is 7.25. The van der Waals surface area contributed by atoms with Crippen molar-refractivity contribution < 1.29 is 4.74 Å². The quantitative estimate of drug-likeness (QED) is 0.805. The zero-order valence-electron chi connectivity index (χ0n) is 10.4. The zero-order valence-corrected chi connectivity index (χ0v) is 12.7. The molecule has 1 aliphatic rings. The first-order valence-electron chi connectivity index (χ1n) is 6.12. The minimum absolute atomic E-state index is 0.113. The normalized spacial score (nSPS) is 22.5. The molecule has 2 rings (SSSR count). The van der Waals surface area contributed by atoms with Crippen molar-refractivity contribution in [2.75, 3.05) is 6.54 Å². The monoisotopic (exact) mass is 307 g/mol. The summed E-state index contributed by atoms with van der Waals surface area (Å²) in [7, 11) is 0. The smallest absolute Gasteiger partial charge is 0.144 e. The van der Waals surface area contributed by atoms with Crippen LogP contribution < -0.4 is 10.1 Å². The SMILES string of the molecule is CCCNC1CC(C)Oc2c(Cl)cc(Cl)c(Cl)c21. The van der Waals surface area contributed by atoms with E-state index in [1.54, 1.807) is 6.07 Å². The third-order valence-corrected chi connectivity index (χ3v) is 4.12. The molecule has 2 unspecified atom stereocenters. The third kappa shape index (κ3) is 2.72. The van der Waals surface area contributed by atoms with Gasteiger partial charge >= 0.3 is 0 Å². The maximum Gasteiger partial charge on any atom is 0.144 e. The Morgan fingerprint density at radius 2 is 2.06 bits per heavy atom. The van der Waals surface area contributed by atoms with Crippen molar-refractivity contribution in [1.29, 1.82) is 0 Å². The Morgan fingerprint density at radius 3 is 2.72 bits per heavy atom. The molecular weight excluding hydrogens is 293 g/mol. The summed E-state index contributed by atoms with van der Waals surface area (Å²) < 4.78 is 5.79. The number of hydrogen-bond acceptors (Lipinski definition) is 2. The van der Waals surface area contributed by atoms with Gasteiger partial charge in [-0.3, -0.25) is 0 Å². The topological polar surface area (TPSA) is 21.3 Å². The fourth-order valence-corrected chi connectivity index (χ4v) is 3.03. The lowest BCUT2D eigenvalue weighted by molar-refractivity contribution is 0.167. The molecule has 0 bridgehead atoms. The Bertz CT molecular complexity index is 450. The largest absolute Gasteiger partial charge is 0.489 e. The molecule has 0 amide bonds. The average molecular weight is 309 g/mol. The van der Waals surface area contributed by atoms with Crippen molar-refractivity contribution in [2.24, 2.45) is 0 Å². The van der Waals surface area contributed by atoms with Crippen LogP contribution >= 0.6 is 34.8 Å². The summed E-state index contributed by atoms with van der Waals surface area (Å²) >= 11 is 18.6. The van der Waals surface area contributed by atoms with Crippen molar-refractivity contribution >= 4 is 34.8 Å². The molecule has 0 spiro atoms. The molecule has 1 N–H and O–H groups in total. The summed E-state index contributed by atoms with van der Waals surface area (Å²) in [6.45, 7) is 5.09. The van der Waals surface area contributed by atoms with Gasteiger partial charge in [0.1, 0.15) is 5.75 Å². The molecule has 2 atom stereocenters. The molecule has 1 aromatic rings. The summed E-state index contributed by atoms with van der Waals surface area (Å²) in [4.78, 5) is 0. The number of halogens is 3. The van der Waals surface area contributed by atoms with Crippen LogP contribution in [0.2, 0.25) is 15.1 Å². The summed E-state index contributed by atoms with van der Waals surface area (Å²) in [5, 5.41) is 5.01. The van der Waals surface area contributed by atoms with Crippen LogP contribution in [0.25, 0.3) is 0 Å². The molecule has 0 radical (unpaired) electrons. The van der Waals surface area contributed by atoms with E-state index in [2.05, 4.69) is 12.2 Å². The highest BCUT2D eigenvalue weighted by molar-refractivity contribution is 6.44. The van der Waals surface area contributed by atoms with Gasteiger partial charge in [0, 0.05) is 18.0 Å². The van der Waals surface area contributed by atoms with Crippen LogP contribution in [0, 0.1) is 0 Å². The second-order valence-corrected chi connectivity index (χ2v) is 5.76. The Hall–Kier alpha value is -0.150. The molecule has 18 heavy (non-hydrogen) atoms. The minimum Gasteiger partial charge on any atom is -0.489 e. The summed E-state index contributed by atoms with van der Waals surface area (Å²) in [6, 6.07) is 1.78.